The van der Waals surface area contributed by atoms with Gasteiger partial charge in [-0.05, 0) is 36.4 Å². The highest BCUT2D eigenvalue weighted by Gasteiger charge is 2.31. The van der Waals surface area contributed by atoms with E-state index in [1.807, 2.05) is 4.90 Å². The van der Waals surface area contributed by atoms with E-state index in [-0.39, 0.29) is 11.9 Å². The smallest absolute Gasteiger partial charge is 0.250 e. The molecule has 2 N–H and O–H groups in total. The van der Waals surface area contributed by atoms with Gasteiger partial charge in [0.25, 0.3) is 5.91 Å². The Balaban J connectivity index is 1.30. The lowest BCUT2D eigenvalue weighted by atomic mass is 10.1. The van der Waals surface area contributed by atoms with Gasteiger partial charge in [0.1, 0.15) is 23.5 Å². The second-order valence-electron chi connectivity index (χ2n) is 10.1. The molecule has 2 saturated heterocycles. The molecule has 0 unspecified atom stereocenters. The maximum Gasteiger partial charge on any atom is 0.250 e. The molecular formula is C28H32N6O3S. The van der Waals surface area contributed by atoms with Crippen molar-refractivity contribution in [1.82, 2.24) is 24.3 Å². The number of amides is 1. The maximum atomic E-state index is 13.2. The van der Waals surface area contributed by atoms with Crippen molar-refractivity contribution in [2.24, 2.45) is 0 Å². The number of methoxy groups -OCH3 is 1. The molecule has 0 aliphatic carbocycles. The second kappa shape index (κ2) is 10.0. The Labute approximate surface area is 225 Å². The summed E-state index contributed by atoms with van der Waals surface area (Å²) in [5, 5.41) is 1.98. The third-order valence-corrected chi connectivity index (χ3v) is 8.71. The zero-order chi connectivity index (χ0) is 26.4. The summed E-state index contributed by atoms with van der Waals surface area (Å²) < 4.78 is 14.4. The summed E-state index contributed by atoms with van der Waals surface area (Å²) in [7, 11) is 1.70. The number of ether oxygens (including phenoxy) is 2. The largest absolute Gasteiger partial charge is 0.495 e. The number of thiophene rings is 1. The first-order valence-corrected chi connectivity index (χ1v) is 13.7. The zero-order valence-corrected chi connectivity index (χ0v) is 22.6. The minimum atomic E-state index is 0.0248. The van der Waals surface area contributed by atoms with Gasteiger partial charge in [-0.1, -0.05) is 12.6 Å². The van der Waals surface area contributed by atoms with Gasteiger partial charge in [0.2, 0.25) is 0 Å². The van der Waals surface area contributed by atoms with Crippen LogP contribution >= 0.6 is 11.3 Å². The van der Waals surface area contributed by atoms with Crippen molar-refractivity contribution in [2.75, 3.05) is 58.8 Å². The Bertz CT molecular complexity index is 1540. The van der Waals surface area contributed by atoms with Crippen molar-refractivity contribution in [3.8, 4) is 16.2 Å². The Morgan fingerprint density at radius 2 is 2.05 bits per heavy atom. The highest BCUT2D eigenvalue weighted by atomic mass is 32.1. The minimum Gasteiger partial charge on any atom is -0.495 e. The number of benzene rings is 1. The topological polar surface area (TPSA) is 98.7 Å². The fourth-order valence-electron chi connectivity index (χ4n) is 5.60. The third kappa shape index (κ3) is 4.42. The number of rotatable bonds is 6. The molecule has 9 nitrogen and oxygen atoms in total. The van der Waals surface area contributed by atoms with E-state index in [4.69, 9.17) is 15.2 Å². The maximum absolute atomic E-state index is 13.2. The molecule has 4 aromatic rings. The summed E-state index contributed by atoms with van der Waals surface area (Å²) in [6.07, 6.45) is 4.47. The van der Waals surface area contributed by atoms with Gasteiger partial charge in [-0.3, -0.25) is 9.69 Å². The summed E-state index contributed by atoms with van der Waals surface area (Å²) >= 11 is 1.68. The molecule has 2 aliphatic heterocycles. The standard InChI is InChI=1S/C28H32N6O3S/c1-17-10-19-12-23(38-25(19)22(11-17)36-3)21-15-34(27-24(21)26(29)30-16-31-27)20-4-5-33(14-20)28(35)18(2)13-32-6-8-37-9-7-32/h10-12,15-16,20H,2,4-9,13-14H2,1,3H3,(H2,29,30,31)/t20-/m0/s1. The number of carbonyl (C=O) groups is 1. The number of fused-ring (bicyclic) bond motifs is 2. The molecule has 5 heterocycles. The predicted octanol–water partition coefficient (Wildman–Crippen LogP) is 3.87. The van der Waals surface area contributed by atoms with Crippen LogP contribution in [0.3, 0.4) is 0 Å². The van der Waals surface area contributed by atoms with Crippen LogP contribution in [-0.2, 0) is 9.53 Å². The molecule has 1 aromatic carbocycles. The highest BCUT2D eigenvalue weighted by Crippen LogP contribution is 2.43. The fraction of sp³-hybridized carbons (Fsp3) is 0.393. The van der Waals surface area contributed by atoms with E-state index in [1.54, 1.807) is 18.4 Å². The van der Waals surface area contributed by atoms with E-state index in [0.29, 0.717) is 44.2 Å². The third-order valence-electron chi connectivity index (χ3n) is 7.52. The van der Waals surface area contributed by atoms with Crippen molar-refractivity contribution in [3.05, 3.63) is 48.4 Å². The number of carbonyl (C=O) groups excluding carboxylic acids is 1. The minimum absolute atomic E-state index is 0.0248. The number of nitrogens with two attached hydrogens (primary N) is 1. The number of aryl methyl sites for hydroxylation is 1. The summed E-state index contributed by atoms with van der Waals surface area (Å²) in [4.78, 5) is 27.4. The first-order chi connectivity index (χ1) is 18.4. The van der Waals surface area contributed by atoms with Crippen LogP contribution in [-0.4, -0.2) is 83.3 Å². The van der Waals surface area contributed by atoms with Crippen molar-refractivity contribution < 1.29 is 14.3 Å². The summed E-state index contributed by atoms with van der Waals surface area (Å²) in [5.74, 6) is 1.34. The van der Waals surface area contributed by atoms with Crippen LogP contribution in [0.4, 0.5) is 5.82 Å². The Hall–Kier alpha value is -3.47. The first kappa shape index (κ1) is 24.8. The SMILES string of the molecule is C=C(CN1CCOCC1)C(=O)N1CC[C@H](n2cc(-c3cc4cc(C)cc(OC)c4s3)c3c(N)ncnc32)C1. The molecule has 0 spiro atoms. The monoisotopic (exact) mass is 532 g/mol. The van der Waals surface area contributed by atoms with E-state index in [9.17, 15) is 4.79 Å². The lowest BCUT2D eigenvalue weighted by Crippen LogP contribution is -2.40. The van der Waals surface area contributed by atoms with E-state index < -0.39 is 0 Å². The molecule has 3 aromatic heterocycles. The summed E-state index contributed by atoms with van der Waals surface area (Å²) in [6, 6.07) is 6.50. The van der Waals surface area contributed by atoms with Crippen LogP contribution in [0.2, 0.25) is 0 Å². The molecule has 198 valence electrons. The van der Waals surface area contributed by atoms with Crippen LogP contribution in [0.25, 0.3) is 31.6 Å². The first-order valence-electron chi connectivity index (χ1n) is 12.9. The normalized spacial score (nSPS) is 18.5. The van der Waals surface area contributed by atoms with Gasteiger partial charge >= 0.3 is 0 Å². The number of morpholine rings is 1. The Kier molecular flexibility index (Phi) is 6.55. The van der Waals surface area contributed by atoms with Crippen molar-refractivity contribution >= 4 is 44.2 Å². The van der Waals surface area contributed by atoms with Gasteiger partial charge in [0.15, 0.2) is 0 Å². The van der Waals surface area contributed by atoms with Gasteiger partial charge < -0.3 is 24.7 Å². The molecule has 10 heteroatoms. The van der Waals surface area contributed by atoms with E-state index in [2.05, 4.69) is 57.3 Å². The van der Waals surface area contributed by atoms with E-state index in [1.165, 1.54) is 6.33 Å². The van der Waals surface area contributed by atoms with Gasteiger partial charge in [-0.2, -0.15) is 0 Å². The summed E-state index contributed by atoms with van der Waals surface area (Å²) in [6.45, 7) is 11.1. The number of likely N-dealkylation sites (tertiary alicyclic amines) is 1. The lowest BCUT2D eigenvalue weighted by molar-refractivity contribution is -0.126. The van der Waals surface area contributed by atoms with Crippen LogP contribution < -0.4 is 10.5 Å². The van der Waals surface area contributed by atoms with Crippen LogP contribution in [0.1, 0.15) is 18.0 Å². The van der Waals surface area contributed by atoms with Gasteiger partial charge in [0, 0.05) is 54.9 Å². The number of aromatic nitrogens is 3. The molecule has 2 fully saturated rings. The zero-order valence-electron chi connectivity index (χ0n) is 21.8. The fourth-order valence-corrected chi connectivity index (χ4v) is 6.74. The average Bonchev–Trinajstić information content (AvgIpc) is 3.65. The molecule has 0 bridgehead atoms. The molecule has 1 amide bonds. The molecule has 0 radical (unpaired) electrons. The Morgan fingerprint density at radius 3 is 2.84 bits per heavy atom. The summed E-state index contributed by atoms with van der Waals surface area (Å²) in [5.41, 5.74) is 9.98. The lowest BCUT2D eigenvalue weighted by Gasteiger charge is -2.28. The molecule has 1 atom stereocenters. The molecule has 2 aliphatic rings. The highest BCUT2D eigenvalue weighted by molar-refractivity contribution is 7.22. The molecule has 0 saturated carbocycles. The molecular weight excluding hydrogens is 500 g/mol. The van der Waals surface area contributed by atoms with Gasteiger partial charge in [-0.15, -0.1) is 11.3 Å². The van der Waals surface area contributed by atoms with Gasteiger partial charge in [0.05, 0.1) is 36.5 Å². The average molecular weight is 533 g/mol. The molecule has 38 heavy (non-hydrogen) atoms. The number of anilines is 1. The number of nitrogen functional groups attached to an aromatic ring is 1. The number of nitrogens with zero attached hydrogens (tertiary/aromatic N) is 5. The van der Waals surface area contributed by atoms with Crippen LogP contribution in [0.5, 0.6) is 5.75 Å². The van der Waals surface area contributed by atoms with E-state index in [0.717, 1.165) is 62.4 Å². The number of hydrogen-bond acceptors (Lipinski definition) is 8. The quantitative estimate of drug-likeness (QED) is 0.376. The second-order valence-corrected chi connectivity index (χ2v) is 11.1. The van der Waals surface area contributed by atoms with Crippen molar-refractivity contribution in [1.29, 1.82) is 0 Å². The van der Waals surface area contributed by atoms with Crippen molar-refractivity contribution in [2.45, 2.75) is 19.4 Å². The molecule has 6 rings (SSSR count). The van der Waals surface area contributed by atoms with Crippen LogP contribution in [0.15, 0.2) is 42.9 Å². The number of hydrogen-bond donors (Lipinski definition) is 1. The predicted molar refractivity (Wildman–Crippen MR) is 151 cm³/mol. The van der Waals surface area contributed by atoms with Gasteiger partial charge in [-0.25, -0.2) is 9.97 Å². The van der Waals surface area contributed by atoms with Crippen LogP contribution in [0, 0.1) is 6.92 Å². The van der Waals surface area contributed by atoms with Crippen molar-refractivity contribution in [3.63, 3.8) is 0 Å². The Morgan fingerprint density at radius 1 is 1.24 bits per heavy atom. The van der Waals surface area contributed by atoms with E-state index >= 15 is 0 Å².